The van der Waals surface area contributed by atoms with Crippen molar-refractivity contribution >= 4 is 11.9 Å². The van der Waals surface area contributed by atoms with Crippen LogP contribution in [0.2, 0.25) is 0 Å². The van der Waals surface area contributed by atoms with E-state index in [1.165, 1.54) is 77.0 Å². The maximum absolute atomic E-state index is 12.7. The molecule has 1 atom stereocenters. The van der Waals surface area contributed by atoms with Gasteiger partial charge in [-0.05, 0) is 77.0 Å². The molecule has 0 fully saturated rings. The van der Waals surface area contributed by atoms with Crippen molar-refractivity contribution in [2.75, 3.05) is 19.8 Å². The predicted octanol–water partition coefficient (Wildman–Crippen LogP) is 15.3. The molecule has 0 aromatic rings. The molecule has 0 amide bonds. The van der Waals surface area contributed by atoms with Gasteiger partial charge in [-0.1, -0.05) is 196 Å². The Kier molecular flexibility index (Phi) is 44.0. The fourth-order valence-corrected chi connectivity index (χ4v) is 6.07. The van der Waals surface area contributed by atoms with Crippen LogP contribution in [0.1, 0.15) is 201 Å². The minimum Gasteiger partial charge on any atom is -0.462 e. The Balaban J connectivity index is 4.38. The second kappa shape index (κ2) is 46.5. The summed E-state index contributed by atoms with van der Waals surface area (Å²) in [5.41, 5.74) is 0. The largest absolute Gasteiger partial charge is 0.462 e. The maximum atomic E-state index is 12.7. The van der Waals surface area contributed by atoms with Gasteiger partial charge in [0.25, 0.3) is 0 Å². The van der Waals surface area contributed by atoms with E-state index < -0.39 is 6.10 Å². The van der Waals surface area contributed by atoms with Gasteiger partial charge in [-0.3, -0.25) is 9.59 Å². The quantitative estimate of drug-likeness (QED) is 0.0351. The molecule has 56 heavy (non-hydrogen) atoms. The van der Waals surface area contributed by atoms with E-state index in [1.807, 2.05) is 6.08 Å². The molecule has 0 aromatic carbocycles. The first kappa shape index (κ1) is 53.1. The van der Waals surface area contributed by atoms with E-state index in [1.54, 1.807) is 0 Å². The Hall–Kier alpha value is -2.92. The first-order valence-corrected chi connectivity index (χ1v) is 23.1. The van der Waals surface area contributed by atoms with Crippen LogP contribution in [-0.4, -0.2) is 37.9 Å². The molecule has 0 spiro atoms. The normalized spacial score (nSPS) is 13.0. The smallest absolute Gasteiger partial charge is 0.306 e. The van der Waals surface area contributed by atoms with E-state index in [9.17, 15) is 9.59 Å². The van der Waals surface area contributed by atoms with Crippen LogP contribution < -0.4 is 0 Å². The number of ether oxygens (including phenoxy) is 3. The molecule has 5 nitrogen and oxygen atoms in total. The number of carbonyl (C=O) groups is 2. The van der Waals surface area contributed by atoms with Crippen molar-refractivity contribution in [2.45, 2.75) is 207 Å². The van der Waals surface area contributed by atoms with E-state index in [4.69, 9.17) is 14.2 Å². The van der Waals surface area contributed by atoms with Gasteiger partial charge in [0.2, 0.25) is 0 Å². The van der Waals surface area contributed by atoms with Gasteiger partial charge in [0.1, 0.15) is 6.61 Å². The summed E-state index contributed by atoms with van der Waals surface area (Å²) in [6, 6.07) is 0. The van der Waals surface area contributed by atoms with Crippen LogP contribution in [0.15, 0.2) is 85.1 Å². The summed E-state index contributed by atoms with van der Waals surface area (Å²) in [5, 5.41) is 0. The van der Waals surface area contributed by atoms with E-state index in [-0.39, 0.29) is 25.2 Å². The van der Waals surface area contributed by atoms with Crippen molar-refractivity contribution in [3.8, 4) is 0 Å². The molecule has 0 bridgehead atoms. The molecule has 1 unspecified atom stereocenters. The van der Waals surface area contributed by atoms with E-state index in [2.05, 4.69) is 99.8 Å². The minimum absolute atomic E-state index is 0.0456. The van der Waals surface area contributed by atoms with Crippen molar-refractivity contribution in [1.29, 1.82) is 0 Å². The zero-order chi connectivity index (χ0) is 40.7. The van der Waals surface area contributed by atoms with E-state index in [0.717, 1.165) is 83.5 Å². The molecule has 0 aromatic heterocycles. The van der Waals surface area contributed by atoms with Crippen molar-refractivity contribution < 1.29 is 23.8 Å². The third kappa shape index (κ3) is 43.8. The summed E-state index contributed by atoms with van der Waals surface area (Å²) < 4.78 is 17.2. The molecular formula is C51H86O5. The standard InChI is InChI=1S/C51H86O5/c1-4-7-10-13-16-19-22-25-26-28-29-32-35-38-41-44-50(52)55-48-49(47-54-46-43-40-37-34-31-24-21-18-15-12-9-6-3)56-51(53)45-42-39-36-33-30-27-23-20-17-14-11-8-5-2/h7-8,10-11,16-17,19-20,25-27,30,36,39,49H,4-6,9,12-15,18,21-24,28-29,31-35,37-38,40-48H2,1-3H3/b10-7-,11-8-,19-16-,20-17-,26-25-,30-27-,39-36-. The average Bonchev–Trinajstić information content (AvgIpc) is 3.20. The topological polar surface area (TPSA) is 61.8 Å². The summed E-state index contributed by atoms with van der Waals surface area (Å²) in [6.07, 6.45) is 60.2. The summed E-state index contributed by atoms with van der Waals surface area (Å²) >= 11 is 0. The Morgan fingerprint density at radius 3 is 1.36 bits per heavy atom. The summed E-state index contributed by atoms with van der Waals surface area (Å²) in [4.78, 5) is 25.2. The fraction of sp³-hybridized carbons (Fsp3) is 0.686. The number of unbranched alkanes of at least 4 members (excludes halogenated alkanes) is 16. The van der Waals surface area contributed by atoms with Gasteiger partial charge in [-0.15, -0.1) is 0 Å². The minimum atomic E-state index is -0.581. The van der Waals surface area contributed by atoms with Gasteiger partial charge in [-0.2, -0.15) is 0 Å². The van der Waals surface area contributed by atoms with E-state index in [0.29, 0.717) is 25.9 Å². The van der Waals surface area contributed by atoms with E-state index >= 15 is 0 Å². The molecule has 0 radical (unpaired) electrons. The second-order valence-corrected chi connectivity index (χ2v) is 14.9. The highest BCUT2D eigenvalue weighted by molar-refractivity contribution is 5.70. The fourth-order valence-electron chi connectivity index (χ4n) is 6.07. The lowest BCUT2D eigenvalue weighted by atomic mass is 10.1. The summed E-state index contributed by atoms with van der Waals surface area (Å²) in [6.45, 7) is 7.50. The van der Waals surface area contributed by atoms with Crippen molar-refractivity contribution in [1.82, 2.24) is 0 Å². The number of rotatable bonds is 41. The highest BCUT2D eigenvalue weighted by Crippen LogP contribution is 2.13. The molecule has 0 N–H and O–H groups in total. The Morgan fingerprint density at radius 1 is 0.411 bits per heavy atom. The van der Waals surface area contributed by atoms with Crippen LogP contribution in [-0.2, 0) is 23.8 Å². The van der Waals surface area contributed by atoms with Gasteiger partial charge in [0.15, 0.2) is 6.10 Å². The Morgan fingerprint density at radius 2 is 0.839 bits per heavy atom. The summed E-state index contributed by atoms with van der Waals surface area (Å²) in [5.74, 6) is -0.512. The molecule has 0 rings (SSSR count). The number of hydrogen-bond acceptors (Lipinski definition) is 5. The lowest BCUT2D eigenvalue weighted by Gasteiger charge is -2.18. The van der Waals surface area contributed by atoms with Gasteiger partial charge >= 0.3 is 11.9 Å². The third-order valence-electron chi connectivity index (χ3n) is 9.44. The lowest BCUT2D eigenvalue weighted by Crippen LogP contribution is -2.30. The molecule has 320 valence electrons. The number of hydrogen-bond donors (Lipinski definition) is 0. The summed E-state index contributed by atoms with van der Waals surface area (Å²) in [7, 11) is 0. The molecule has 0 aliphatic carbocycles. The first-order chi connectivity index (χ1) is 27.6. The molecule has 5 heteroatoms. The van der Waals surface area contributed by atoms with Crippen LogP contribution in [0.3, 0.4) is 0 Å². The maximum Gasteiger partial charge on any atom is 0.306 e. The number of esters is 2. The van der Waals surface area contributed by atoms with Gasteiger partial charge < -0.3 is 14.2 Å². The van der Waals surface area contributed by atoms with Crippen LogP contribution in [0.25, 0.3) is 0 Å². The number of allylic oxidation sites excluding steroid dienone is 14. The third-order valence-corrected chi connectivity index (χ3v) is 9.44. The second-order valence-electron chi connectivity index (χ2n) is 14.9. The highest BCUT2D eigenvalue weighted by Gasteiger charge is 2.17. The molecule has 0 saturated heterocycles. The van der Waals surface area contributed by atoms with Crippen LogP contribution in [0.4, 0.5) is 0 Å². The van der Waals surface area contributed by atoms with Crippen LogP contribution >= 0.6 is 0 Å². The van der Waals surface area contributed by atoms with Crippen molar-refractivity contribution in [3.63, 3.8) is 0 Å². The van der Waals surface area contributed by atoms with Gasteiger partial charge in [0, 0.05) is 19.4 Å². The average molecular weight is 779 g/mol. The molecule has 0 aliphatic rings. The predicted molar refractivity (Wildman–Crippen MR) is 242 cm³/mol. The first-order valence-electron chi connectivity index (χ1n) is 23.1. The molecular weight excluding hydrogens is 693 g/mol. The molecule has 0 heterocycles. The monoisotopic (exact) mass is 779 g/mol. The van der Waals surface area contributed by atoms with Crippen LogP contribution in [0, 0.1) is 0 Å². The highest BCUT2D eigenvalue weighted by atomic mass is 16.6. The molecule has 0 saturated carbocycles. The SMILES string of the molecule is CC/C=C\C/C=C\C/C=C\C/C=C\CCC(=O)OC(COCCCCCCCCCCCCCC)COC(=O)CCCCCCC/C=C\C/C=C\C/C=C\CC. The molecule has 0 aliphatic heterocycles. The Labute approximate surface area is 346 Å². The van der Waals surface area contributed by atoms with Crippen molar-refractivity contribution in [2.24, 2.45) is 0 Å². The zero-order valence-electron chi connectivity index (χ0n) is 36.6. The lowest BCUT2D eigenvalue weighted by molar-refractivity contribution is -0.162. The number of carbonyl (C=O) groups excluding carboxylic acids is 2. The van der Waals surface area contributed by atoms with Gasteiger partial charge in [0.05, 0.1) is 6.61 Å². The zero-order valence-corrected chi connectivity index (χ0v) is 36.6. The Bertz CT molecular complexity index is 1060. The van der Waals surface area contributed by atoms with Crippen molar-refractivity contribution in [3.05, 3.63) is 85.1 Å². The van der Waals surface area contributed by atoms with Gasteiger partial charge in [-0.25, -0.2) is 0 Å². The van der Waals surface area contributed by atoms with Crippen LogP contribution in [0.5, 0.6) is 0 Å².